The molecule has 0 bridgehead atoms. The summed E-state index contributed by atoms with van der Waals surface area (Å²) in [6.07, 6.45) is 3.61. The summed E-state index contributed by atoms with van der Waals surface area (Å²) in [5, 5.41) is 6.78. The smallest absolute Gasteiger partial charge is 0.247 e. The molecule has 1 saturated heterocycles. The van der Waals surface area contributed by atoms with Gasteiger partial charge in [-0.2, -0.15) is 0 Å². The summed E-state index contributed by atoms with van der Waals surface area (Å²) in [6, 6.07) is 15.3. The Balaban J connectivity index is 1.50. The number of anilines is 2. The minimum Gasteiger partial charge on any atom is -0.369 e. The van der Waals surface area contributed by atoms with E-state index in [0.717, 1.165) is 37.4 Å². The second-order valence-electron chi connectivity index (χ2n) is 6.85. The molecule has 7 nitrogen and oxygen atoms in total. The van der Waals surface area contributed by atoms with Crippen molar-refractivity contribution in [1.29, 1.82) is 0 Å². The number of hydrogen-bond donors (Lipinski definition) is 1. The summed E-state index contributed by atoms with van der Waals surface area (Å²) in [5.41, 5.74) is 2.13. The molecule has 0 saturated carbocycles. The topological polar surface area (TPSA) is 74.5 Å². The summed E-state index contributed by atoms with van der Waals surface area (Å²) in [5.74, 6) is 1.01. The zero-order chi connectivity index (χ0) is 19.3. The second kappa shape index (κ2) is 8.22. The zero-order valence-electron chi connectivity index (χ0n) is 15.8. The van der Waals surface area contributed by atoms with Gasteiger partial charge in [-0.1, -0.05) is 35.5 Å². The zero-order valence-corrected chi connectivity index (χ0v) is 15.8. The van der Waals surface area contributed by atoms with E-state index >= 15 is 0 Å². The normalized spacial score (nSPS) is 16.0. The van der Waals surface area contributed by atoms with Crippen molar-refractivity contribution in [2.24, 2.45) is 0 Å². The third-order valence-corrected chi connectivity index (χ3v) is 4.95. The standard InChI is InChI=1S/C21H23N5O2/c1-16-15-19(24-28-16)23-21(27)20(17-5-3-2-4-6-17)26-13-11-25(12-14-26)18-7-9-22-10-8-18/h2-10,15,20H,11-14H2,1H3,(H,23,24,27). The number of rotatable bonds is 5. The molecule has 1 aliphatic rings. The number of nitrogens with zero attached hydrogens (tertiary/aromatic N) is 4. The third-order valence-electron chi connectivity index (χ3n) is 4.95. The number of hydrogen-bond acceptors (Lipinski definition) is 6. The first kappa shape index (κ1) is 18.2. The summed E-state index contributed by atoms with van der Waals surface area (Å²) in [6.45, 7) is 5.07. The Morgan fingerprint density at radius 2 is 1.79 bits per heavy atom. The van der Waals surface area contributed by atoms with Crippen LogP contribution in [-0.2, 0) is 4.79 Å². The minimum absolute atomic E-state index is 0.100. The first-order valence-electron chi connectivity index (χ1n) is 9.39. The van der Waals surface area contributed by atoms with Gasteiger partial charge in [0.2, 0.25) is 5.91 Å². The van der Waals surface area contributed by atoms with Crippen LogP contribution in [0.2, 0.25) is 0 Å². The SMILES string of the molecule is Cc1cc(NC(=O)C(c2ccccc2)N2CCN(c3ccncc3)CC2)no1. The summed E-state index contributed by atoms with van der Waals surface area (Å²) in [7, 11) is 0. The predicted molar refractivity (Wildman–Crippen MR) is 107 cm³/mol. The summed E-state index contributed by atoms with van der Waals surface area (Å²) >= 11 is 0. The number of aryl methyl sites for hydroxylation is 1. The van der Waals surface area contributed by atoms with Crippen LogP contribution >= 0.6 is 0 Å². The molecular weight excluding hydrogens is 354 g/mol. The highest BCUT2D eigenvalue weighted by Gasteiger charge is 2.31. The van der Waals surface area contributed by atoms with Crippen LogP contribution in [0.3, 0.4) is 0 Å². The number of piperazine rings is 1. The molecule has 1 N–H and O–H groups in total. The molecule has 0 radical (unpaired) electrons. The molecule has 28 heavy (non-hydrogen) atoms. The van der Waals surface area contributed by atoms with E-state index in [-0.39, 0.29) is 11.9 Å². The van der Waals surface area contributed by atoms with Gasteiger partial charge < -0.3 is 14.7 Å². The van der Waals surface area contributed by atoms with Crippen LogP contribution < -0.4 is 10.2 Å². The average molecular weight is 377 g/mol. The van der Waals surface area contributed by atoms with Gasteiger partial charge in [0.05, 0.1) is 0 Å². The van der Waals surface area contributed by atoms with Crippen molar-refractivity contribution in [3.63, 3.8) is 0 Å². The molecule has 1 unspecified atom stereocenters. The monoisotopic (exact) mass is 377 g/mol. The van der Waals surface area contributed by atoms with E-state index in [0.29, 0.717) is 11.6 Å². The van der Waals surface area contributed by atoms with Gasteiger partial charge in [0.1, 0.15) is 11.8 Å². The fourth-order valence-corrected chi connectivity index (χ4v) is 3.58. The Kier molecular flexibility index (Phi) is 5.34. The molecule has 144 valence electrons. The van der Waals surface area contributed by atoms with Crippen molar-refractivity contribution < 1.29 is 9.32 Å². The van der Waals surface area contributed by atoms with Gasteiger partial charge in [-0.3, -0.25) is 14.7 Å². The Bertz CT molecular complexity index is 905. The number of carbonyl (C=O) groups is 1. The van der Waals surface area contributed by atoms with Crippen LogP contribution in [-0.4, -0.2) is 47.1 Å². The lowest BCUT2D eigenvalue weighted by Crippen LogP contribution is -2.50. The van der Waals surface area contributed by atoms with Crippen molar-refractivity contribution in [2.75, 3.05) is 36.4 Å². The lowest BCUT2D eigenvalue weighted by molar-refractivity contribution is -0.121. The quantitative estimate of drug-likeness (QED) is 0.737. The molecule has 1 aromatic carbocycles. The van der Waals surface area contributed by atoms with Gasteiger partial charge >= 0.3 is 0 Å². The molecule has 7 heteroatoms. The molecule has 1 fully saturated rings. The molecule has 1 amide bonds. The van der Waals surface area contributed by atoms with Gasteiger partial charge in [0.15, 0.2) is 5.82 Å². The molecule has 0 aliphatic carbocycles. The maximum atomic E-state index is 13.1. The number of amides is 1. The van der Waals surface area contributed by atoms with Crippen LogP contribution in [0.4, 0.5) is 11.5 Å². The van der Waals surface area contributed by atoms with Gasteiger partial charge in [0.25, 0.3) is 0 Å². The highest BCUT2D eigenvalue weighted by molar-refractivity contribution is 5.94. The fraction of sp³-hybridized carbons (Fsp3) is 0.286. The number of pyridine rings is 1. The van der Waals surface area contributed by atoms with E-state index in [9.17, 15) is 4.79 Å². The maximum Gasteiger partial charge on any atom is 0.247 e. The molecule has 1 atom stereocenters. The van der Waals surface area contributed by atoms with Crippen LogP contribution in [0.25, 0.3) is 0 Å². The Morgan fingerprint density at radius 1 is 1.07 bits per heavy atom. The number of aromatic nitrogens is 2. The first-order chi connectivity index (χ1) is 13.7. The molecular formula is C21H23N5O2. The van der Waals surface area contributed by atoms with Crippen molar-refractivity contribution in [2.45, 2.75) is 13.0 Å². The third kappa shape index (κ3) is 4.04. The average Bonchev–Trinajstić information content (AvgIpc) is 3.15. The Labute approximate surface area is 164 Å². The van der Waals surface area contributed by atoms with E-state index in [1.807, 2.05) is 54.9 Å². The Hall–Kier alpha value is -3.19. The number of nitrogens with one attached hydrogen (secondary N) is 1. The van der Waals surface area contributed by atoms with Crippen molar-refractivity contribution in [3.8, 4) is 0 Å². The molecule has 3 aromatic rings. The highest BCUT2D eigenvalue weighted by Crippen LogP contribution is 2.25. The van der Waals surface area contributed by atoms with Crippen LogP contribution in [0.1, 0.15) is 17.4 Å². The number of benzene rings is 1. The fourth-order valence-electron chi connectivity index (χ4n) is 3.58. The summed E-state index contributed by atoms with van der Waals surface area (Å²) in [4.78, 5) is 21.7. The molecule has 2 aromatic heterocycles. The van der Waals surface area contributed by atoms with E-state index in [1.54, 1.807) is 13.0 Å². The van der Waals surface area contributed by atoms with Crippen molar-refractivity contribution in [1.82, 2.24) is 15.0 Å². The molecule has 4 rings (SSSR count). The largest absolute Gasteiger partial charge is 0.369 e. The molecule has 0 spiro atoms. The highest BCUT2D eigenvalue weighted by atomic mass is 16.5. The van der Waals surface area contributed by atoms with Crippen molar-refractivity contribution in [3.05, 3.63) is 72.2 Å². The van der Waals surface area contributed by atoms with Crippen LogP contribution in [0.5, 0.6) is 0 Å². The Morgan fingerprint density at radius 3 is 2.43 bits per heavy atom. The van der Waals surface area contributed by atoms with Gasteiger partial charge in [-0.05, 0) is 24.6 Å². The lowest BCUT2D eigenvalue weighted by atomic mass is 10.0. The van der Waals surface area contributed by atoms with Gasteiger partial charge in [-0.15, -0.1) is 0 Å². The van der Waals surface area contributed by atoms with E-state index in [4.69, 9.17) is 4.52 Å². The van der Waals surface area contributed by atoms with Crippen LogP contribution in [0.15, 0.2) is 65.4 Å². The van der Waals surface area contributed by atoms with E-state index in [2.05, 4.69) is 25.3 Å². The predicted octanol–water partition coefficient (Wildman–Crippen LogP) is 2.88. The van der Waals surface area contributed by atoms with E-state index in [1.165, 1.54) is 0 Å². The first-order valence-corrected chi connectivity index (χ1v) is 9.39. The lowest BCUT2D eigenvalue weighted by Gasteiger charge is -2.39. The molecule has 3 heterocycles. The minimum atomic E-state index is -0.377. The van der Waals surface area contributed by atoms with Crippen LogP contribution in [0, 0.1) is 6.92 Å². The van der Waals surface area contributed by atoms with E-state index < -0.39 is 0 Å². The van der Waals surface area contributed by atoms with Gasteiger partial charge in [0, 0.05) is 50.3 Å². The maximum absolute atomic E-state index is 13.1. The van der Waals surface area contributed by atoms with Gasteiger partial charge in [-0.25, -0.2) is 0 Å². The van der Waals surface area contributed by atoms with Crippen molar-refractivity contribution >= 4 is 17.4 Å². The summed E-state index contributed by atoms with van der Waals surface area (Å²) < 4.78 is 5.07. The number of carbonyl (C=O) groups excluding carboxylic acids is 1. The second-order valence-corrected chi connectivity index (χ2v) is 6.85. The molecule has 1 aliphatic heterocycles.